The molecule has 3 rings (SSSR count). The van der Waals surface area contributed by atoms with Gasteiger partial charge in [0.15, 0.2) is 5.13 Å². The highest BCUT2D eigenvalue weighted by atomic mass is 32.1. The first-order valence-electron chi connectivity index (χ1n) is 7.29. The van der Waals surface area contributed by atoms with Gasteiger partial charge in [-0.05, 0) is 50.3 Å². The Morgan fingerprint density at radius 1 is 1.19 bits per heavy atom. The van der Waals surface area contributed by atoms with E-state index in [9.17, 15) is 4.39 Å². The van der Waals surface area contributed by atoms with Crippen LogP contribution < -0.4 is 11.1 Å². The summed E-state index contributed by atoms with van der Waals surface area (Å²) >= 11 is 1.54. The molecule has 6 heteroatoms. The second-order valence-electron chi connectivity index (χ2n) is 5.48. The number of nitrogens with one attached hydrogen (secondary N) is 1. The molecule has 0 radical (unpaired) electrons. The minimum Gasteiger partial charge on any atom is -0.359 e. The van der Waals surface area contributed by atoms with Gasteiger partial charge in [-0.3, -0.25) is 0 Å². The van der Waals surface area contributed by atoms with Crippen LogP contribution in [-0.2, 0) is 0 Å². The molecule has 1 fully saturated rings. The number of anilines is 1. The number of rotatable bonds is 4. The first-order chi connectivity index (χ1) is 10.2. The normalized spacial score (nSPS) is 22.2. The fourth-order valence-corrected chi connectivity index (χ4v) is 3.51. The van der Waals surface area contributed by atoms with Gasteiger partial charge in [0.25, 0.3) is 0 Å². The summed E-state index contributed by atoms with van der Waals surface area (Å²) in [5, 5.41) is 6.27. The number of nitrogens with two attached hydrogens (primary N) is 1. The second-order valence-corrected chi connectivity index (χ2v) is 6.34. The van der Waals surface area contributed by atoms with Crippen LogP contribution in [0.2, 0.25) is 0 Å². The minimum absolute atomic E-state index is 0.465. The van der Waals surface area contributed by atoms with Crippen LogP contribution in [0.4, 0.5) is 9.52 Å². The zero-order valence-electron chi connectivity index (χ0n) is 11.8. The SMILES string of the molecule is NCC1CCC(Nc2nc(-c3cccc(F)n3)cs2)CC1. The van der Waals surface area contributed by atoms with Crippen LogP contribution in [0.1, 0.15) is 25.7 Å². The molecule has 1 saturated carbocycles. The molecule has 112 valence electrons. The van der Waals surface area contributed by atoms with Crippen molar-refractivity contribution in [3.8, 4) is 11.4 Å². The molecule has 1 aliphatic rings. The lowest BCUT2D eigenvalue weighted by atomic mass is 9.86. The van der Waals surface area contributed by atoms with E-state index in [4.69, 9.17) is 5.73 Å². The highest BCUT2D eigenvalue weighted by Gasteiger charge is 2.20. The summed E-state index contributed by atoms with van der Waals surface area (Å²) < 4.78 is 13.1. The fourth-order valence-electron chi connectivity index (χ4n) is 2.73. The number of pyridine rings is 1. The Kier molecular flexibility index (Phi) is 4.45. The molecule has 0 spiro atoms. The molecular formula is C15H19FN4S. The number of nitrogens with zero attached hydrogens (tertiary/aromatic N) is 2. The van der Waals surface area contributed by atoms with Gasteiger partial charge in [-0.1, -0.05) is 6.07 Å². The van der Waals surface area contributed by atoms with E-state index in [-0.39, 0.29) is 0 Å². The molecule has 0 aromatic carbocycles. The quantitative estimate of drug-likeness (QED) is 0.851. The van der Waals surface area contributed by atoms with Crippen molar-refractivity contribution in [1.82, 2.24) is 9.97 Å². The van der Waals surface area contributed by atoms with E-state index in [1.807, 2.05) is 5.38 Å². The van der Waals surface area contributed by atoms with Crippen molar-refractivity contribution in [3.63, 3.8) is 0 Å². The van der Waals surface area contributed by atoms with Gasteiger partial charge < -0.3 is 11.1 Å². The Bertz CT molecular complexity index is 593. The third-order valence-electron chi connectivity index (χ3n) is 3.99. The monoisotopic (exact) mass is 306 g/mol. The molecule has 0 amide bonds. The average Bonchev–Trinajstić information content (AvgIpc) is 2.97. The number of hydrogen-bond acceptors (Lipinski definition) is 5. The third-order valence-corrected chi connectivity index (χ3v) is 4.76. The standard InChI is InChI=1S/C15H19FN4S/c16-14-3-1-2-12(19-14)13-9-21-15(20-13)18-11-6-4-10(8-17)5-7-11/h1-3,9-11H,4-8,17H2,(H,18,20). The summed E-state index contributed by atoms with van der Waals surface area (Å²) in [6.07, 6.45) is 4.62. The largest absolute Gasteiger partial charge is 0.359 e. The molecule has 4 nitrogen and oxygen atoms in total. The van der Waals surface area contributed by atoms with Crippen molar-refractivity contribution in [2.24, 2.45) is 11.7 Å². The topological polar surface area (TPSA) is 63.8 Å². The molecule has 21 heavy (non-hydrogen) atoms. The van der Waals surface area contributed by atoms with Gasteiger partial charge in [0, 0.05) is 11.4 Å². The van der Waals surface area contributed by atoms with Gasteiger partial charge in [-0.2, -0.15) is 4.39 Å². The van der Waals surface area contributed by atoms with Crippen LogP contribution in [0.25, 0.3) is 11.4 Å². The Morgan fingerprint density at radius 3 is 2.71 bits per heavy atom. The molecule has 2 heterocycles. The molecule has 0 atom stereocenters. The first kappa shape index (κ1) is 14.4. The van der Waals surface area contributed by atoms with E-state index in [0.29, 0.717) is 17.7 Å². The van der Waals surface area contributed by atoms with Gasteiger partial charge in [0.05, 0.1) is 5.69 Å². The highest BCUT2D eigenvalue weighted by molar-refractivity contribution is 7.14. The predicted molar refractivity (Wildman–Crippen MR) is 83.7 cm³/mol. The van der Waals surface area contributed by atoms with Crippen molar-refractivity contribution in [2.75, 3.05) is 11.9 Å². The second kappa shape index (κ2) is 6.49. The van der Waals surface area contributed by atoms with Crippen molar-refractivity contribution >= 4 is 16.5 Å². The summed E-state index contributed by atoms with van der Waals surface area (Å²) in [7, 11) is 0. The van der Waals surface area contributed by atoms with Crippen LogP contribution in [-0.4, -0.2) is 22.6 Å². The summed E-state index contributed by atoms with van der Waals surface area (Å²) in [4.78, 5) is 8.37. The molecular weight excluding hydrogens is 287 g/mol. The maximum absolute atomic E-state index is 13.1. The van der Waals surface area contributed by atoms with Crippen molar-refractivity contribution in [1.29, 1.82) is 0 Å². The Hall–Kier alpha value is -1.53. The number of thiazole rings is 1. The van der Waals surface area contributed by atoms with Gasteiger partial charge in [-0.25, -0.2) is 9.97 Å². The van der Waals surface area contributed by atoms with Gasteiger partial charge >= 0.3 is 0 Å². The van der Waals surface area contributed by atoms with E-state index in [2.05, 4.69) is 15.3 Å². The van der Waals surface area contributed by atoms with Crippen LogP contribution in [0.15, 0.2) is 23.6 Å². The van der Waals surface area contributed by atoms with Crippen molar-refractivity contribution in [3.05, 3.63) is 29.5 Å². The van der Waals surface area contributed by atoms with E-state index < -0.39 is 5.95 Å². The molecule has 3 N–H and O–H groups in total. The molecule has 0 saturated heterocycles. The summed E-state index contributed by atoms with van der Waals surface area (Å²) in [5.74, 6) is 0.196. The smallest absolute Gasteiger partial charge is 0.213 e. The lowest BCUT2D eigenvalue weighted by Crippen LogP contribution is -2.29. The van der Waals surface area contributed by atoms with Crippen molar-refractivity contribution in [2.45, 2.75) is 31.7 Å². The Morgan fingerprint density at radius 2 is 2.00 bits per heavy atom. The number of aromatic nitrogens is 2. The van der Waals surface area contributed by atoms with E-state index in [0.717, 1.165) is 30.2 Å². The summed E-state index contributed by atoms with van der Waals surface area (Å²) in [6, 6.07) is 5.23. The number of halogens is 1. The molecule has 0 unspecified atom stereocenters. The van der Waals surface area contributed by atoms with Gasteiger partial charge in [-0.15, -0.1) is 11.3 Å². The maximum atomic E-state index is 13.1. The Balaban J connectivity index is 1.63. The van der Waals surface area contributed by atoms with Gasteiger partial charge in [0.2, 0.25) is 5.95 Å². The minimum atomic E-state index is -0.477. The highest BCUT2D eigenvalue weighted by Crippen LogP contribution is 2.29. The van der Waals surface area contributed by atoms with E-state index >= 15 is 0 Å². The third kappa shape index (κ3) is 3.57. The van der Waals surface area contributed by atoms with Crippen molar-refractivity contribution < 1.29 is 4.39 Å². The van der Waals surface area contributed by atoms with Crippen LogP contribution in [0.5, 0.6) is 0 Å². The molecule has 2 aromatic rings. The first-order valence-corrected chi connectivity index (χ1v) is 8.17. The summed E-state index contributed by atoms with van der Waals surface area (Å²) in [5.41, 5.74) is 7.01. The molecule has 2 aromatic heterocycles. The van der Waals surface area contributed by atoms with Gasteiger partial charge in [0.1, 0.15) is 5.69 Å². The zero-order valence-corrected chi connectivity index (χ0v) is 12.6. The van der Waals surface area contributed by atoms with Crippen LogP contribution in [0.3, 0.4) is 0 Å². The zero-order chi connectivity index (χ0) is 14.7. The fraction of sp³-hybridized carbons (Fsp3) is 0.467. The average molecular weight is 306 g/mol. The summed E-state index contributed by atoms with van der Waals surface area (Å²) in [6.45, 7) is 0.791. The predicted octanol–water partition coefficient (Wildman–Crippen LogP) is 3.27. The lowest BCUT2D eigenvalue weighted by molar-refractivity contribution is 0.345. The van der Waals surface area contributed by atoms with Crippen LogP contribution >= 0.6 is 11.3 Å². The lowest BCUT2D eigenvalue weighted by Gasteiger charge is -2.28. The van der Waals surface area contributed by atoms with E-state index in [1.54, 1.807) is 23.5 Å². The molecule has 1 aliphatic carbocycles. The number of hydrogen-bond donors (Lipinski definition) is 2. The Labute approximate surface area is 127 Å². The van der Waals surface area contributed by atoms with Crippen LogP contribution in [0, 0.1) is 11.9 Å². The molecule has 0 aliphatic heterocycles. The maximum Gasteiger partial charge on any atom is 0.213 e. The molecule has 0 bridgehead atoms. The van der Waals surface area contributed by atoms with E-state index in [1.165, 1.54) is 18.9 Å².